The molecule has 0 bridgehead atoms. The van der Waals surface area contributed by atoms with Crippen LogP contribution in [-0.2, 0) is 16.8 Å². The van der Waals surface area contributed by atoms with E-state index < -0.39 is 10.9 Å². The minimum absolute atomic E-state index is 0. The van der Waals surface area contributed by atoms with Crippen molar-refractivity contribution in [3.8, 4) is 80.1 Å². The van der Waals surface area contributed by atoms with Crippen LogP contribution in [0.2, 0.25) is 0 Å². The van der Waals surface area contributed by atoms with Gasteiger partial charge in [0.05, 0.1) is 56.9 Å². The maximum atomic E-state index is 12.8. The summed E-state index contributed by atoms with van der Waals surface area (Å²) < 4.78 is 53.6. The minimum Gasteiger partial charge on any atom is -0.507 e. The summed E-state index contributed by atoms with van der Waals surface area (Å²) in [6.07, 6.45) is 0. The third-order valence-electron chi connectivity index (χ3n) is 7.98. The third-order valence-corrected chi connectivity index (χ3v) is 7.98. The van der Waals surface area contributed by atoms with Gasteiger partial charge in [-0.3, -0.25) is 9.59 Å². The van der Waals surface area contributed by atoms with E-state index in [4.69, 9.17) is 46.7 Å². The van der Waals surface area contributed by atoms with E-state index in [9.17, 15) is 19.8 Å². The molecule has 6 rings (SSSR count). The Morgan fingerprint density at radius 2 is 0.811 bits per heavy atom. The summed E-state index contributed by atoms with van der Waals surface area (Å²) >= 11 is 0. The van der Waals surface area contributed by atoms with Crippen LogP contribution >= 0.6 is 0 Å². The van der Waals surface area contributed by atoms with E-state index in [0.717, 1.165) is 0 Å². The first-order chi connectivity index (χ1) is 25.1. The molecule has 0 amide bonds. The van der Waals surface area contributed by atoms with Crippen molar-refractivity contribution in [2.45, 2.75) is 0 Å². The van der Waals surface area contributed by atoms with E-state index in [2.05, 4.69) is 0 Å². The van der Waals surface area contributed by atoms with E-state index in [0.29, 0.717) is 45.6 Å². The van der Waals surface area contributed by atoms with E-state index in [1.54, 1.807) is 36.4 Å². The van der Waals surface area contributed by atoms with Gasteiger partial charge in [0.25, 0.3) is 0 Å². The van der Waals surface area contributed by atoms with Crippen molar-refractivity contribution in [3.05, 3.63) is 81.1 Å². The van der Waals surface area contributed by atoms with E-state index in [1.165, 1.54) is 81.1 Å². The second-order valence-corrected chi connectivity index (χ2v) is 10.8. The van der Waals surface area contributed by atoms with Gasteiger partial charge in [-0.2, -0.15) is 0 Å². The Morgan fingerprint density at radius 1 is 0.453 bits per heavy atom. The standard InChI is InChI=1S/2C19H18O7.Co/c2*1-22-11-8-12(20)16-15(9-11)26-18(19(25-4)17(16)21)10-5-6-13(23-2)14(7-10)24-3;/h2*5-9,20H,1-4H3;. The summed E-state index contributed by atoms with van der Waals surface area (Å²) in [5, 5.41) is 20.4. The fourth-order valence-corrected chi connectivity index (χ4v) is 5.46. The molecule has 281 valence electrons. The molecular weight excluding hydrogens is 739 g/mol. The maximum absolute atomic E-state index is 12.8. The Hall–Kier alpha value is -6.19. The first-order valence-corrected chi connectivity index (χ1v) is 15.4. The van der Waals surface area contributed by atoms with Crippen LogP contribution in [0.15, 0.2) is 79.1 Å². The smallest absolute Gasteiger partial charge is 0.239 e. The molecule has 53 heavy (non-hydrogen) atoms. The molecule has 0 saturated heterocycles. The molecule has 2 heterocycles. The molecule has 14 nitrogen and oxygen atoms in total. The van der Waals surface area contributed by atoms with E-state index in [-0.39, 0.29) is 73.2 Å². The van der Waals surface area contributed by atoms with Gasteiger partial charge in [-0.1, -0.05) is 0 Å². The fraction of sp³-hybridized carbons (Fsp3) is 0.211. The molecule has 2 N–H and O–H groups in total. The molecule has 0 aliphatic carbocycles. The zero-order chi connectivity index (χ0) is 37.7. The van der Waals surface area contributed by atoms with E-state index >= 15 is 0 Å². The van der Waals surface area contributed by atoms with Crippen molar-refractivity contribution in [2.75, 3.05) is 56.9 Å². The number of fused-ring (bicyclic) bond motifs is 2. The van der Waals surface area contributed by atoms with Crippen molar-refractivity contribution in [3.63, 3.8) is 0 Å². The van der Waals surface area contributed by atoms with E-state index in [1.807, 2.05) is 0 Å². The molecule has 0 aliphatic rings. The van der Waals surface area contributed by atoms with Gasteiger partial charge in [-0.25, -0.2) is 0 Å². The summed E-state index contributed by atoms with van der Waals surface area (Å²) in [6.45, 7) is 0. The molecule has 4 aromatic carbocycles. The van der Waals surface area contributed by atoms with Gasteiger partial charge in [0.1, 0.15) is 44.9 Å². The van der Waals surface area contributed by atoms with Crippen LogP contribution in [0.4, 0.5) is 0 Å². The van der Waals surface area contributed by atoms with Gasteiger partial charge in [0, 0.05) is 52.2 Å². The summed E-state index contributed by atoms with van der Waals surface area (Å²) in [5.74, 6) is 2.63. The van der Waals surface area contributed by atoms with Gasteiger partial charge < -0.3 is 56.9 Å². The Bertz CT molecular complexity index is 2220. The van der Waals surface area contributed by atoms with Crippen LogP contribution in [0.5, 0.6) is 57.5 Å². The number of methoxy groups -OCH3 is 8. The molecule has 0 spiro atoms. The molecule has 2 aromatic heterocycles. The molecule has 0 unspecified atom stereocenters. The molecule has 15 heteroatoms. The van der Waals surface area contributed by atoms with Gasteiger partial charge in [0.2, 0.25) is 22.4 Å². The average molecular weight is 776 g/mol. The minimum atomic E-state index is -0.487. The van der Waals surface area contributed by atoms with Crippen molar-refractivity contribution in [2.24, 2.45) is 0 Å². The third kappa shape index (κ3) is 7.56. The number of hydrogen-bond donors (Lipinski definition) is 2. The Kier molecular flexibility index (Phi) is 12.6. The normalized spacial score (nSPS) is 10.4. The fourth-order valence-electron chi connectivity index (χ4n) is 5.46. The van der Waals surface area contributed by atoms with Crippen LogP contribution in [0.3, 0.4) is 0 Å². The monoisotopic (exact) mass is 775 g/mol. The molecule has 0 atom stereocenters. The number of rotatable bonds is 10. The second kappa shape index (κ2) is 16.9. The van der Waals surface area contributed by atoms with Gasteiger partial charge in [-0.05, 0) is 36.4 Å². The van der Waals surface area contributed by atoms with Crippen LogP contribution in [0.1, 0.15) is 0 Å². The topological polar surface area (TPSA) is 175 Å². The van der Waals surface area contributed by atoms with Crippen molar-refractivity contribution in [1.29, 1.82) is 0 Å². The quantitative estimate of drug-likeness (QED) is 0.156. The molecule has 6 aromatic rings. The Labute approximate surface area is 313 Å². The summed E-state index contributed by atoms with van der Waals surface area (Å²) in [5.41, 5.74) is 0.494. The number of phenolic OH excluding ortho intramolecular Hbond substituents is 2. The zero-order valence-corrected chi connectivity index (χ0v) is 30.9. The molecule has 1 radical (unpaired) electrons. The van der Waals surface area contributed by atoms with Crippen molar-refractivity contribution in [1.82, 2.24) is 0 Å². The summed E-state index contributed by atoms with van der Waals surface area (Å²) in [6, 6.07) is 15.9. The van der Waals surface area contributed by atoms with Gasteiger partial charge in [0.15, 0.2) is 34.5 Å². The van der Waals surface area contributed by atoms with Crippen LogP contribution < -0.4 is 48.8 Å². The summed E-state index contributed by atoms with van der Waals surface area (Å²) in [4.78, 5) is 25.6. The molecule has 0 fully saturated rings. The Morgan fingerprint density at radius 3 is 1.11 bits per heavy atom. The maximum Gasteiger partial charge on any atom is 0.239 e. The molecular formula is C38H36CoO14. The van der Waals surface area contributed by atoms with Crippen LogP contribution in [0.25, 0.3) is 44.6 Å². The SMILES string of the molecule is COc1cc(O)c2c(=O)c(OC)c(-c3ccc(OC)c(OC)c3)oc2c1.COc1cc(O)c2c(=O)c(OC)c(-c3ccc(OC)c(OC)c3)oc2c1.[Co]. The van der Waals surface area contributed by atoms with Crippen LogP contribution in [-0.4, -0.2) is 67.1 Å². The number of ether oxygens (including phenoxy) is 8. The predicted molar refractivity (Wildman–Crippen MR) is 192 cm³/mol. The molecule has 0 aliphatic heterocycles. The number of hydrogen-bond acceptors (Lipinski definition) is 14. The predicted octanol–water partition coefficient (Wildman–Crippen LogP) is 6.40. The zero-order valence-electron chi connectivity index (χ0n) is 29.9. The molecule has 0 saturated carbocycles. The number of aromatic hydroxyl groups is 2. The Balaban J connectivity index is 0.000000232. The number of benzene rings is 4. The van der Waals surface area contributed by atoms with Crippen LogP contribution in [0, 0.1) is 0 Å². The number of phenols is 2. The first-order valence-electron chi connectivity index (χ1n) is 15.4. The first kappa shape index (κ1) is 39.6. The van der Waals surface area contributed by atoms with Gasteiger partial charge in [-0.15, -0.1) is 0 Å². The second-order valence-electron chi connectivity index (χ2n) is 10.8. The van der Waals surface area contributed by atoms with Crippen molar-refractivity contribution < 1.29 is 73.7 Å². The largest absolute Gasteiger partial charge is 0.507 e. The summed E-state index contributed by atoms with van der Waals surface area (Å²) in [7, 11) is 11.7. The average Bonchev–Trinajstić information content (AvgIpc) is 3.16. The van der Waals surface area contributed by atoms with Gasteiger partial charge >= 0.3 is 0 Å². The van der Waals surface area contributed by atoms with Crippen molar-refractivity contribution >= 4 is 21.9 Å².